The first-order valence-corrected chi connectivity index (χ1v) is 22.9. The summed E-state index contributed by atoms with van der Waals surface area (Å²) >= 11 is 1.80. The molecule has 3 aliphatic heterocycles. The number of carbonyl (C=O) groups excluding carboxylic acids is 2. The Morgan fingerprint density at radius 1 is 0.897 bits per heavy atom. The third kappa shape index (κ3) is 8.64. The highest BCUT2D eigenvalue weighted by Crippen LogP contribution is 2.63. The first-order chi connectivity index (χ1) is 27.7. The maximum Gasteiger partial charge on any atom is 0.306 e. The molecule has 1 saturated carbocycles. The number of likely N-dealkylation sites (N-methyl/N-ethyl adjacent to an activating group) is 1. The zero-order chi connectivity index (χ0) is 41.6. The van der Waals surface area contributed by atoms with E-state index >= 15 is 4.79 Å². The second kappa shape index (κ2) is 18.3. The zero-order valence-corrected chi connectivity index (χ0v) is 37.5. The fourth-order valence-electron chi connectivity index (χ4n) is 11.1. The summed E-state index contributed by atoms with van der Waals surface area (Å²) in [5, 5.41) is 4.43. The number of nitrogens with zero attached hydrogens (tertiary/aromatic N) is 1. The van der Waals surface area contributed by atoms with Crippen LogP contribution >= 0.6 is 11.3 Å². The van der Waals surface area contributed by atoms with Crippen LogP contribution in [0.2, 0.25) is 0 Å². The Kier molecular flexibility index (Phi) is 13.9. The van der Waals surface area contributed by atoms with E-state index < -0.39 is 18.3 Å². The molecule has 326 valence electrons. The molecule has 0 radical (unpaired) electrons. The number of cyclic esters (lactones) is 1. The van der Waals surface area contributed by atoms with Gasteiger partial charge in [0.2, 0.25) is 0 Å². The lowest BCUT2D eigenvalue weighted by Gasteiger charge is -2.44. The minimum atomic E-state index is -0.638. The van der Waals surface area contributed by atoms with Gasteiger partial charge in [0.05, 0.1) is 41.5 Å². The molecule has 3 aliphatic carbocycles. The largest absolute Gasteiger partial charge is 0.462 e. The number of carbonyl (C=O) groups is 2. The summed E-state index contributed by atoms with van der Waals surface area (Å²) in [4.78, 5) is 35.7. The van der Waals surface area contributed by atoms with Crippen LogP contribution in [0.15, 0.2) is 11.6 Å². The first-order valence-electron chi connectivity index (χ1n) is 22.0. The van der Waals surface area contributed by atoms with Crippen LogP contribution in [0.4, 0.5) is 0 Å². The molecule has 13 heteroatoms. The van der Waals surface area contributed by atoms with Crippen molar-refractivity contribution in [3.63, 3.8) is 0 Å². The molecule has 1 N–H and O–H groups in total. The molecule has 0 bridgehead atoms. The van der Waals surface area contributed by atoms with Crippen molar-refractivity contribution < 1.29 is 47.5 Å². The van der Waals surface area contributed by atoms with Gasteiger partial charge in [0, 0.05) is 61.3 Å². The van der Waals surface area contributed by atoms with Crippen molar-refractivity contribution in [2.24, 2.45) is 23.7 Å². The van der Waals surface area contributed by atoms with Crippen molar-refractivity contribution in [1.82, 2.24) is 10.3 Å². The average molecular weight is 831 g/mol. The number of hydrogen-bond donors (Lipinski definition) is 1. The SMILES string of the molecule is CC[C@H]1CCC[C@H](O[C@H]2CC[C@H](NC)C(C)O2)[C@@H](C)C(=O)C2=C[C@H]3[C@@H]4C[C@H](O[C@@H]5OC(C)[C@H](OC)C(OC)C5OC)C[C@H]4c4sc(C(C)(C)C)nc4[C@H]3[C@@H]2CC(=O)O1. The molecule has 4 unspecified atom stereocenters. The molecule has 1 aromatic rings. The number of Topliss-reactive ketones (excluding diaryl/α,β-unsaturated/α-hetero) is 1. The lowest BCUT2D eigenvalue weighted by molar-refractivity contribution is -0.314. The van der Waals surface area contributed by atoms with Crippen molar-refractivity contribution in [2.45, 2.75) is 191 Å². The standard InChI is InChI=1S/C45H70N2O10S/c1-12-25-14-13-15-33(57-35-17-16-32(46-8)23(3)53-35)22(2)38(49)30-20-28-27-18-26(56-43-41(52-11)40(51-10)39(50-9)24(4)54-43)19-31(27)42-37(47-44(58-42)45(5,6)7)36(28)29(30)21-34(48)55-25/h20,22-29,31-33,35-36,39-41,43,46H,12-19,21H2,1-11H3/t22-,23?,24?,25+,26+,27+,28+,29-,31-,32+,33+,35+,36-,39+,40?,41?,43+/m1/s1. The zero-order valence-electron chi connectivity index (χ0n) is 36.7. The molecule has 4 heterocycles. The van der Waals surface area contributed by atoms with E-state index in [1.807, 2.05) is 20.9 Å². The minimum Gasteiger partial charge on any atom is -0.462 e. The summed E-state index contributed by atoms with van der Waals surface area (Å²) in [5.74, 6) is -0.689. The summed E-state index contributed by atoms with van der Waals surface area (Å²) < 4.78 is 50.3. The Labute approximate surface area is 350 Å². The molecule has 17 atom stereocenters. The van der Waals surface area contributed by atoms with E-state index in [0.717, 1.165) is 61.2 Å². The Bertz CT molecular complexity index is 1630. The lowest BCUT2D eigenvalue weighted by atomic mass is 9.67. The highest BCUT2D eigenvalue weighted by molar-refractivity contribution is 7.12. The number of ketones is 1. The molecule has 3 saturated heterocycles. The van der Waals surface area contributed by atoms with Crippen LogP contribution in [0.5, 0.6) is 0 Å². The highest BCUT2D eigenvalue weighted by atomic mass is 32.1. The smallest absolute Gasteiger partial charge is 0.306 e. The van der Waals surface area contributed by atoms with Crippen LogP contribution in [0, 0.1) is 23.7 Å². The van der Waals surface area contributed by atoms with Gasteiger partial charge in [-0.3, -0.25) is 9.59 Å². The van der Waals surface area contributed by atoms with Crippen LogP contribution in [-0.2, 0) is 52.9 Å². The number of fused-ring (bicyclic) bond motifs is 8. The summed E-state index contributed by atoms with van der Waals surface area (Å²) in [6, 6.07) is 0.271. The number of ether oxygens (including phenoxy) is 8. The fourth-order valence-corrected chi connectivity index (χ4v) is 12.5. The van der Waals surface area contributed by atoms with Gasteiger partial charge in [0.15, 0.2) is 18.4 Å². The summed E-state index contributed by atoms with van der Waals surface area (Å²) in [7, 11) is 6.96. The monoisotopic (exact) mass is 830 g/mol. The number of methoxy groups -OCH3 is 3. The Morgan fingerprint density at radius 2 is 1.64 bits per heavy atom. The molecule has 7 rings (SSSR count). The number of rotatable bonds is 9. The van der Waals surface area contributed by atoms with E-state index in [9.17, 15) is 4.79 Å². The predicted molar refractivity (Wildman–Crippen MR) is 220 cm³/mol. The maximum absolute atomic E-state index is 15.1. The average Bonchev–Trinajstić information content (AvgIpc) is 3.91. The van der Waals surface area contributed by atoms with Gasteiger partial charge in [0.1, 0.15) is 24.4 Å². The number of esters is 1. The molecular weight excluding hydrogens is 761 g/mol. The van der Waals surface area contributed by atoms with Gasteiger partial charge >= 0.3 is 5.97 Å². The van der Waals surface area contributed by atoms with Crippen LogP contribution in [-0.4, -0.2) is 113 Å². The summed E-state index contributed by atoms with van der Waals surface area (Å²) in [6.07, 6.45) is 5.57. The number of nitrogens with one attached hydrogen (secondary N) is 1. The van der Waals surface area contributed by atoms with Gasteiger partial charge in [-0.25, -0.2) is 4.98 Å². The van der Waals surface area contributed by atoms with Gasteiger partial charge in [-0.1, -0.05) is 40.7 Å². The van der Waals surface area contributed by atoms with E-state index in [0.29, 0.717) is 6.42 Å². The van der Waals surface area contributed by atoms with E-state index in [4.69, 9.17) is 42.9 Å². The first kappa shape index (κ1) is 44.3. The molecule has 1 aromatic heterocycles. The van der Waals surface area contributed by atoms with Crippen LogP contribution in [0.1, 0.15) is 134 Å². The van der Waals surface area contributed by atoms with Crippen LogP contribution in [0.3, 0.4) is 0 Å². The van der Waals surface area contributed by atoms with Crippen LogP contribution in [0.25, 0.3) is 0 Å². The van der Waals surface area contributed by atoms with Gasteiger partial charge in [-0.05, 0) is 89.7 Å². The number of allylic oxidation sites excluding steroid dienone is 2. The second-order valence-corrected chi connectivity index (χ2v) is 19.9. The maximum atomic E-state index is 15.1. The normalized spacial score (nSPS) is 42.3. The molecule has 0 spiro atoms. The van der Waals surface area contributed by atoms with E-state index in [-0.39, 0.29) is 108 Å². The highest BCUT2D eigenvalue weighted by Gasteiger charge is 2.57. The van der Waals surface area contributed by atoms with E-state index in [1.54, 1.807) is 32.7 Å². The molecule has 12 nitrogen and oxygen atoms in total. The van der Waals surface area contributed by atoms with Crippen molar-refractivity contribution in [2.75, 3.05) is 28.4 Å². The van der Waals surface area contributed by atoms with Crippen molar-refractivity contribution in [3.05, 3.63) is 27.2 Å². The van der Waals surface area contributed by atoms with Gasteiger partial charge in [-0.2, -0.15) is 0 Å². The molecular formula is C45H70N2O10S. The Morgan fingerprint density at radius 3 is 2.29 bits per heavy atom. The van der Waals surface area contributed by atoms with Crippen LogP contribution < -0.4 is 5.32 Å². The third-order valence-corrected chi connectivity index (χ3v) is 15.9. The molecule has 0 amide bonds. The van der Waals surface area contributed by atoms with E-state index in [2.05, 4.69) is 46.0 Å². The Balaban J connectivity index is 1.22. The number of aromatic nitrogens is 1. The van der Waals surface area contributed by atoms with Gasteiger partial charge in [-0.15, -0.1) is 11.3 Å². The summed E-state index contributed by atoms with van der Waals surface area (Å²) in [6.45, 7) is 14.8. The summed E-state index contributed by atoms with van der Waals surface area (Å²) in [5.41, 5.74) is 1.61. The quantitative estimate of drug-likeness (QED) is 0.258. The van der Waals surface area contributed by atoms with Crippen molar-refractivity contribution >= 4 is 23.1 Å². The molecule has 4 fully saturated rings. The molecule has 0 aromatic carbocycles. The van der Waals surface area contributed by atoms with Gasteiger partial charge < -0.3 is 43.2 Å². The topological polar surface area (TPSA) is 133 Å². The second-order valence-electron chi connectivity index (χ2n) is 18.9. The molecule has 58 heavy (non-hydrogen) atoms. The fraction of sp³-hybridized carbons (Fsp3) is 0.844. The van der Waals surface area contributed by atoms with E-state index in [1.165, 1.54) is 4.88 Å². The van der Waals surface area contributed by atoms with Crippen molar-refractivity contribution in [1.29, 1.82) is 0 Å². The number of thiazole rings is 1. The third-order valence-electron chi connectivity index (χ3n) is 14.3. The molecule has 6 aliphatic rings. The predicted octanol–water partition coefficient (Wildman–Crippen LogP) is 6.98. The Hall–Kier alpha value is -1.81. The van der Waals surface area contributed by atoms with Gasteiger partial charge in [0.25, 0.3) is 0 Å². The van der Waals surface area contributed by atoms with Crippen molar-refractivity contribution in [3.8, 4) is 0 Å². The lowest BCUT2D eigenvalue weighted by Crippen LogP contribution is -2.59. The minimum absolute atomic E-state index is 0.00420. The number of hydrogen-bond acceptors (Lipinski definition) is 13.